The molecule has 0 bridgehead atoms. The molecule has 26 heavy (non-hydrogen) atoms. The molecule has 142 valence electrons. The second-order valence-electron chi connectivity index (χ2n) is 6.80. The van der Waals surface area contributed by atoms with E-state index in [1.165, 1.54) is 25.0 Å². The van der Waals surface area contributed by atoms with Crippen molar-refractivity contribution in [2.75, 3.05) is 11.9 Å². The van der Waals surface area contributed by atoms with Crippen molar-refractivity contribution in [3.05, 3.63) is 36.2 Å². The lowest BCUT2D eigenvalue weighted by Crippen LogP contribution is -2.27. The molecular formula is C19H26Cl2N4O. The van der Waals surface area contributed by atoms with Gasteiger partial charge in [-0.25, -0.2) is 4.98 Å². The highest BCUT2D eigenvalue weighted by Crippen LogP contribution is 2.25. The molecular weight excluding hydrogens is 371 g/mol. The third kappa shape index (κ3) is 4.58. The van der Waals surface area contributed by atoms with Crippen LogP contribution in [0.25, 0.3) is 11.4 Å². The Kier molecular flexibility index (Phi) is 7.50. The van der Waals surface area contributed by atoms with Gasteiger partial charge in [-0.2, -0.15) is 0 Å². The maximum atomic E-state index is 12.1. The Morgan fingerprint density at radius 3 is 2.73 bits per heavy atom. The first-order valence-electron chi connectivity index (χ1n) is 8.98. The maximum absolute atomic E-state index is 12.1. The Morgan fingerprint density at radius 1 is 1.19 bits per heavy atom. The lowest BCUT2D eigenvalue weighted by atomic mass is 10.1. The van der Waals surface area contributed by atoms with Crippen molar-refractivity contribution in [3.63, 3.8) is 0 Å². The van der Waals surface area contributed by atoms with Gasteiger partial charge in [-0.05, 0) is 62.9 Å². The van der Waals surface area contributed by atoms with E-state index >= 15 is 0 Å². The average molecular weight is 397 g/mol. The standard InChI is InChI=1S/C19H24N4O.2ClH/c24-18(12-16-4-3-10-20-16)22-15-8-6-14(7-9-15)19-21-13-17-5-1-2-11-23(17)19;;/h6-9,13,16,20H,1-5,10-12H2,(H,22,24);2*1H. The summed E-state index contributed by atoms with van der Waals surface area (Å²) >= 11 is 0. The van der Waals surface area contributed by atoms with Crippen LogP contribution in [0.15, 0.2) is 30.5 Å². The summed E-state index contributed by atoms with van der Waals surface area (Å²) in [6.45, 7) is 2.08. The number of hydrogen-bond donors (Lipinski definition) is 2. The highest BCUT2D eigenvalue weighted by molar-refractivity contribution is 5.91. The van der Waals surface area contributed by atoms with E-state index < -0.39 is 0 Å². The summed E-state index contributed by atoms with van der Waals surface area (Å²) in [4.78, 5) is 16.7. The lowest BCUT2D eigenvalue weighted by Gasteiger charge is -2.16. The molecule has 3 heterocycles. The number of amides is 1. The zero-order chi connectivity index (χ0) is 16.4. The quantitative estimate of drug-likeness (QED) is 0.825. The normalized spacial score (nSPS) is 18.4. The van der Waals surface area contributed by atoms with E-state index in [2.05, 4.69) is 20.2 Å². The summed E-state index contributed by atoms with van der Waals surface area (Å²) in [5.74, 6) is 1.12. The number of hydrogen-bond acceptors (Lipinski definition) is 3. The van der Waals surface area contributed by atoms with Crippen LogP contribution in [0.4, 0.5) is 5.69 Å². The average Bonchev–Trinajstić information content (AvgIpc) is 3.25. The molecule has 5 nitrogen and oxygen atoms in total. The molecule has 1 unspecified atom stereocenters. The minimum Gasteiger partial charge on any atom is -0.328 e. The summed E-state index contributed by atoms with van der Waals surface area (Å²) in [5.41, 5.74) is 3.29. The van der Waals surface area contributed by atoms with Crippen molar-refractivity contribution in [3.8, 4) is 11.4 Å². The molecule has 4 rings (SSSR count). The first-order chi connectivity index (χ1) is 11.8. The summed E-state index contributed by atoms with van der Waals surface area (Å²) in [5, 5.41) is 6.36. The molecule has 2 N–H and O–H groups in total. The molecule has 1 fully saturated rings. The lowest BCUT2D eigenvalue weighted by molar-refractivity contribution is -0.116. The number of nitrogens with zero attached hydrogens (tertiary/aromatic N) is 2. The van der Waals surface area contributed by atoms with Crippen molar-refractivity contribution in [1.82, 2.24) is 14.9 Å². The number of aryl methyl sites for hydroxylation is 1. The van der Waals surface area contributed by atoms with Crippen LogP contribution in [-0.4, -0.2) is 28.0 Å². The van der Waals surface area contributed by atoms with Crippen LogP contribution in [0, 0.1) is 0 Å². The van der Waals surface area contributed by atoms with Gasteiger partial charge in [0, 0.05) is 42.1 Å². The molecule has 2 aliphatic rings. The number of carbonyl (C=O) groups excluding carboxylic acids is 1. The molecule has 2 aliphatic heterocycles. The van der Waals surface area contributed by atoms with Gasteiger partial charge in [-0.3, -0.25) is 4.79 Å². The predicted molar refractivity (Wildman–Crippen MR) is 109 cm³/mol. The van der Waals surface area contributed by atoms with Crippen LogP contribution in [0.3, 0.4) is 0 Å². The largest absolute Gasteiger partial charge is 0.328 e. The van der Waals surface area contributed by atoms with Gasteiger partial charge in [0.25, 0.3) is 0 Å². The van der Waals surface area contributed by atoms with Crippen molar-refractivity contribution < 1.29 is 4.79 Å². The second-order valence-corrected chi connectivity index (χ2v) is 6.80. The monoisotopic (exact) mass is 396 g/mol. The van der Waals surface area contributed by atoms with Crippen LogP contribution >= 0.6 is 24.8 Å². The highest BCUT2D eigenvalue weighted by Gasteiger charge is 2.18. The Balaban J connectivity index is 0.00000121. The molecule has 1 atom stereocenters. The molecule has 0 aliphatic carbocycles. The summed E-state index contributed by atoms with van der Waals surface area (Å²) < 4.78 is 2.32. The molecule has 1 aromatic heterocycles. The van der Waals surface area contributed by atoms with Gasteiger partial charge in [-0.1, -0.05) is 0 Å². The number of benzene rings is 1. The van der Waals surface area contributed by atoms with Crippen molar-refractivity contribution in [2.45, 2.75) is 51.1 Å². The van der Waals surface area contributed by atoms with Crippen molar-refractivity contribution >= 4 is 36.4 Å². The fourth-order valence-electron chi connectivity index (χ4n) is 3.74. The van der Waals surface area contributed by atoms with Gasteiger partial charge in [0.15, 0.2) is 0 Å². The van der Waals surface area contributed by atoms with Crippen LogP contribution in [-0.2, 0) is 17.8 Å². The fraction of sp³-hybridized carbons (Fsp3) is 0.474. The van der Waals surface area contributed by atoms with Crippen LogP contribution in [0.1, 0.15) is 37.8 Å². The number of carbonyl (C=O) groups is 1. The molecule has 1 aromatic carbocycles. The summed E-state index contributed by atoms with van der Waals surface area (Å²) in [6.07, 6.45) is 8.41. The topological polar surface area (TPSA) is 59.0 Å². The smallest absolute Gasteiger partial charge is 0.225 e. The number of anilines is 1. The van der Waals surface area contributed by atoms with E-state index in [0.717, 1.165) is 43.0 Å². The van der Waals surface area contributed by atoms with E-state index in [9.17, 15) is 4.79 Å². The van der Waals surface area contributed by atoms with E-state index in [4.69, 9.17) is 0 Å². The molecule has 2 aromatic rings. The molecule has 7 heteroatoms. The number of aromatic nitrogens is 2. The molecule has 0 spiro atoms. The Bertz CT molecular complexity index is 724. The van der Waals surface area contributed by atoms with Crippen molar-refractivity contribution in [1.29, 1.82) is 0 Å². The van der Waals surface area contributed by atoms with Crippen molar-refractivity contribution in [2.24, 2.45) is 0 Å². The first-order valence-corrected chi connectivity index (χ1v) is 8.98. The SMILES string of the molecule is Cl.Cl.O=C(CC1CCCN1)Nc1ccc(-c2ncc3n2CCCC3)cc1. The zero-order valence-corrected chi connectivity index (χ0v) is 16.4. The van der Waals surface area contributed by atoms with E-state index in [0.29, 0.717) is 12.5 Å². The van der Waals surface area contributed by atoms with Gasteiger partial charge >= 0.3 is 0 Å². The van der Waals surface area contributed by atoms with E-state index in [-0.39, 0.29) is 30.7 Å². The Morgan fingerprint density at radius 2 is 2.00 bits per heavy atom. The number of nitrogens with one attached hydrogen (secondary N) is 2. The molecule has 0 radical (unpaired) electrons. The maximum Gasteiger partial charge on any atom is 0.225 e. The number of fused-ring (bicyclic) bond motifs is 1. The van der Waals surface area contributed by atoms with E-state index in [1.54, 1.807) is 0 Å². The van der Waals surface area contributed by atoms with Crippen LogP contribution in [0.2, 0.25) is 0 Å². The molecule has 1 amide bonds. The second kappa shape index (κ2) is 9.40. The Hall–Kier alpha value is -1.56. The van der Waals surface area contributed by atoms with Gasteiger partial charge in [0.05, 0.1) is 0 Å². The third-order valence-electron chi connectivity index (χ3n) is 5.02. The van der Waals surface area contributed by atoms with Gasteiger partial charge in [0.2, 0.25) is 5.91 Å². The summed E-state index contributed by atoms with van der Waals surface area (Å²) in [6, 6.07) is 8.38. The Labute approximate surface area is 166 Å². The molecule has 1 saturated heterocycles. The molecule has 0 saturated carbocycles. The zero-order valence-electron chi connectivity index (χ0n) is 14.7. The number of halogens is 2. The van der Waals surface area contributed by atoms with E-state index in [1.807, 2.05) is 30.5 Å². The van der Waals surface area contributed by atoms with Gasteiger partial charge in [0.1, 0.15) is 5.82 Å². The minimum atomic E-state index is 0. The predicted octanol–water partition coefficient (Wildman–Crippen LogP) is 3.81. The summed E-state index contributed by atoms with van der Waals surface area (Å²) in [7, 11) is 0. The highest BCUT2D eigenvalue weighted by atomic mass is 35.5. The first kappa shape index (κ1) is 20.7. The van der Waals surface area contributed by atoms with Gasteiger partial charge < -0.3 is 15.2 Å². The fourth-order valence-corrected chi connectivity index (χ4v) is 3.74. The van der Waals surface area contributed by atoms with Crippen LogP contribution < -0.4 is 10.6 Å². The number of rotatable bonds is 4. The minimum absolute atomic E-state index is 0. The number of imidazole rings is 1. The van der Waals surface area contributed by atoms with Crippen LogP contribution in [0.5, 0.6) is 0 Å². The third-order valence-corrected chi connectivity index (χ3v) is 5.02. The van der Waals surface area contributed by atoms with Gasteiger partial charge in [-0.15, -0.1) is 24.8 Å².